The molecular formula is C55H87N13O16. The highest BCUT2D eigenvalue weighted by Gasteiger charge is 2.29. The summed E-state index contributed by atoms with van der Waals surface area (Å²) in [7, 11) is 1.76. The number of unbranched alkanes of at least 4 members (excludes halogenated alkanes) is 8. The minimum atomic E-state index is -1.49. The van der Waals surface area contributed by atoms with E-state index < -0.39 is 72.4 Å². The van der Waals surface area contributed by atoms with Crippen LogP contribution in [0.4, 0.5) is 16.7 Å². The number of rotatable bonds is 37. The summed E-state index contributed by atoms with van der Waals surface area (Å²) in [5.74, 6) is -6.73. The Bertz CT molecular complexity index is 2430. The molecule has 3 atom stereocenters. The third-order valence-electron chi connectivity index (χ3n) is 14.7. The normalized spacial score (nSPS) is 17.0. The Balaban J connectivity index is 1.16. The molecule has 2 aliphatic rings. The first-order valence-corrected chi connectivity index (χ1v) is 28.9. The van der Waals surface area contributed by atoms with Gasteiger partial charge in [0.05, 0.1) is 26.2 Å². The fraction of sp³-hybridized carbons (Fsp3) is 0.673. The van der Waals surface area contributed by atoms with E-state index in [1.165, 1.54) is 0 Å². The molecule has 29 heteroatoms. The van der Waals surface area contributed by atoms with Crippen molar-refractivity contribution < 1.29 is 78.9 Å². The van der Waals surface area contributed by atoms with E-state index in [0.717, 1.165) is 95.2 Å². The third-order valence-corrected chi connectivity index (χ3v) is 14.7. The summed E-state index contributed by atoms with van der Waals surface area (Å²) in [4.78, 5) is 132. The van der Waals surface area contributed by atoms with Gasteiger partial charge in [0.15, 0.2) is 0 Å². The molecule has 0 radical (unpaired) electrons. The molecule has 2 aliphatic heterocycles. The van der Waals surface area contributed by atoms with Gasteiger partial charge in [0, 0.05) is 111 Å². The van der Waals surface area contributed by atoms with Crippen molar-refractivity contribution in [1.29, 1.82) is 0 Å². The molecule has 1 unspecified atom stereocenters. The number of benzene rings is 1. The number of carbonyl (C=O) groups is 9. The van der Waals surface area contributed by atoms with Crippen LogP contribution in [0, 0.1) is 0 Å². The maximum atomic E-state index is 12.3. The zero-order valence-electron chi connectivity index (χ0n) is 48.2. The zero-order chi connectivity index (χ0) is 61.4. The number of aliphatic carboxylic acids is 7. The number of piperazine rings is 1. The van der Waals surface area contributed by atoms with Crippen molar-refractivity contribution in [3.63, 3.8) is 0 Å². The lowest BCUT2D eigenvalue weighted by atomic mass is 10.0. The van der Waals surface area contributed by atoms with Gasteiger partial charge >= 0.3 is 47.8 Å². The number of carbonyl (C=O) groups excluding carboxylic acids is 2. The molecule has 0 saturated carbocycles. The number of nitrogens with one attached hydrogen (secondary N) is 4. The molecule has 0 bridgehead atoms. The van der Waals surface area contributed by atoms with Gasteiger partial charge in [-0.1, -0.05) is 62.8 Å². The number of nitrogens with zero attached hydrogens (tertiary/aromatic N) is 9. The van der Waals surface area contributed by atoms with E-state index in [4.69, 9.17) is 10.1 Å². The summed E-state index contributed by atoms with van der Waals surface area (Å²) < 4.78 is 0. The summed E-state index contributed by atoms with van der Waals surface area (Å²) in [5, 5.41) is 76.7. The van der Waals surface area contributed by atoms with E-state index >= 15 is 0 Å². The Morgan fingerprint density at radius 1 is 0.524 bits per heavy atom. The topological polar surface area (TPSA) is 401 Å². The van der Waals surface area contributed by atoms with Crippen molar-refractivity contribution in [2.45, 2.75) is 121 Å². The van der Waals surface area contributed by atoms with Crippen LogP contribution in [0.5, 0.6) is 0 Å². The molecule has 3 amide bonds. The molecule has 3 heterocycles. The van der Waals surface area contributed by atoms with Crippen LogP contribution >= 0.6 is 0 Å². The van der Waals surface area contributed by atoms with E-state index in [2.05, 4.69) is 41.0 Å². The first-order chi connectivity index (χ1) is 40.1. The molecule has 2 aromatic rings. The highest BCUT2D eigenvalue weighted by molar-refractivity contribution is 5.86. The summed E-state index contributed by atoms with van der Waals surface area (Å²) in [6.07, 6.45) is 9.53. The highest BCUT2D eigenvalue weighted by atomic mass is 16.4. The van der Waals surface area contributed by atoms with E-state index in [1.807, 2.05) is 24.3 Å². The predicted octanol–water partition coefficient (Wildman–Crippen LogP) is 0.965. The minimum absolute atomic E-state index is 0.0508. The molecule has 2 saturated heterocycles. The standard InChI is InChI=1S/C55H87N13O16/c1-56-53-60-44(33-40-16-14-39(15-17-40)32-41-34-66(37-49(76)77)25-24-64(35-47(72)73)22-23-65(36-48(74)75)28-31-68(41)38-50(78)79)61-54(62-53)67-29-26-63(27-30-67)21-11-7-5-3-2-4-6-8-13-45(69)57-20-10-9-12-42(51(80)81)58-55(84)59-43(52(82)83)18-19-46(70)71/h14-17,41-43H,2-13,18-38H2,1H3,(H,57,69)(H,70,71)(H,72,73)(H,74,75)(H,76,77)(H,78,79)(H,80,81)(H,82,83)(H2,58,59,84)(H,56,60,61,62)/t41?,42-,43-/m0/s1. The van der Waals surface area contributed by atoms with Crippen LogP contribution in [0.25, 0.3) is 0 Å². The molecular weight excluding hydrogens is 1100 g/mol. The third kappa shape index (κ3) is 28.3. The van der Waals surface area contributed by atoms with E-state index in [0.29, 0.717) is 56.4 Å². The first-order valence-electron chi connectivity index (χ1n) is 28.9. The van der Waals surface area contributed by atoms with Crippen LogP contribution in [0.3, 0.4) is 0 Å². The molecule has 0 aliphatic carbocycles. The van der Waals surface area contributed by atoms with Crippen LogP contribution in [0.2, 0.25) is 0 Å². The summed E-state index contributed by atoms with van der Waals surface area (Å²) in [6, 6.07) is 3.50. The Labute approximate surface area is 489 Å². The van der Waals surface area contributed by atoms with Crippen molar-refractivity contribution >= 4 is 65.6 Å². The zero-order valence-corrected chi connectivity index (χ0v) is 48.2. The molecule has 1 aromatic heterocycles. The number of anilines is 2. The maximum absolute atomic E-state index is 12.3. The molecule has 2 fully saturated rings. The molecule has 84 heavy (non-hydrogen) atoms. The van der Waals surface area contributed by atoms with Gasteiger partial charge in [-0.05, 0) is 62.6 Å². The average molecular weight is 1190 g/mol. The summed E-state index contributed by atoms with van der Waals surface area (Å²) >= 11 is 0. The second-order valence-corrected chi connectivity index (χ2v) is 21.4. The lowest BCUT2D eigenvalue weighted by Crippen LogP contribution is -2.53. The number of carboxylic acids is 7. The average Bonchev–Trinajstić information content (AvgIpc) is 3.47. The highest BCUT2D eigenvalue weighted by Crippen LogP contribution is 2.19. The van der Waals surface area contributed by atoms with Crippen LogP contribution in [0.1, 0.15) is 107 Å². The van der Waals surface area contributed by atoms with Gasteiger partial charge < -0.3 is 61.9 Å². The van der Waals surface area contributed by atoms with Crippen LogP contribution in [-0.4, -0.2) is 265 Å². The van der Waals surface area contributed by atoms with Crippen LogP contribution < -0.4 is 26.2 Å². The van der Waals surface area contributed by atoms with Crippen molar-refractivity contribution in [1.82, 2.24) is 55.4 Å². The largest absolute Gasteiger partial charge is 0.481 e. The fourth-order valence-corrected chi connectivity index (χ4v) is 10.1. The molecule has 0 spiro atoms. The maximum Gasteiger partial charge on any atom is 0.326 e. The van der Waals surface area contributed by atoms with Crippen molar-refractivity contribution in [3.8, 4) is 0 Å². The first kappa shape index (κ1) is 69.2. The van der Waals surface area contributed by atoms with Crippen LogP contribution in [0.15, 0.2) is 24.3 Å². The smallest absolute Gasteiger partial charge is 0.326 e. The Hall–Kier alpha value is -7.34. The van der Waals surface area contributed by atoms with E-state index in [1.54, 1.807) is 26.6 Å². The van der Waals surface area contributed by atoms with E-state index in [9.17, 15) is 73.8 Å². The van der Waals surface area contributed by atoms with Gasteiger partial charge in [0.25, 0.3) is 0 Å². The van der Waals surface area contributed by atoms with Gasteiger partial charge in [-0.15, -0.1) is 0 Å². The van der Waals surface area contributed by atoms with Gasteiger partial charge in [0.1, 0.15) is 17.9 Å². The van der Waals surface area contributed by atoms with Crippen molar-refractivity contribution in [2.75, 3.05) is 129 Å². The molecule has 468 valence electrons. The lowest BCUT2D eigenvalue weighted by Gasteiger charge is -2.37. The number of hydrogen-bond donors (Lipinski definition) is 11. The number of carboxylic acid groups (broad SMARTS) is 7. The van der Waals surface area contributed by atoms with E-state index in [-0.39, 0.29) is 90.7 Å². The Morgan fingerprint density at radius 3 is 1.60 bits per heavy atom. The summed E-state index contributed by atoms with van der Waals surface area (Å²) in [6.45, 7) is 4.69. The second kappa shape index (κ2) is 37.8. The van der Waals surface area contributed by atoms with Crippen molar-refractivity contribution in [2.24, 2.45) is 0 Å². The van der Waals surface area contributed by atoms with Crippen molar-refractivity contribution in [3.05, 3.63) is 41.2 Å². The van der Waals surface area contributed by atoms with Crippen LogP contribution in [-0.2, 0) is 51.2 Å². The number of amides is 3. The fourth-order valence-electron chi connectivity index (χ4n) is 10.1. The SMILES string of the molecule is CNc1nc(Cc2ccc(CC3CN(CC(=O)O)CCN(CC(=O)O)CCN(CC(=O)O)CCN3CC(=O)O)cc2)nc(N2CCN(CCCCCCCCCCC(=O)NCCCC[C@H](NC(=O)N[C@@H](CCC(=O)O)C(=O)O)C(=O)O)CC2)n1. The van der Waals surface area contributed by atoms with Gasteiger partial charge in [0.2, 0.25) is 17.8 Å². The number of aromatic nitrogens is 3. The quantitative estimate of drug-likeness (QED) is 0.0420. The monoisotopic (exact) mass is 1190 g/mol. The molecule has 11 N–H and O–H groups in total. The van der Waals surface area contributed by atoms with Gasteiger partial charge in [-0.25, -0.2) is 14.4 Å². The Morgan fingerprint density at radius 2 is 1.04 bits per heavy atom. The molecule has 1 aromatic carbocycles. The molecule has 29 nitrogen and oxygen atoms in total. The lowest BCUT2D eigenvalue weighted by molar-refractivity contribution is -0.142. The Kier molecular flexibility index (Phi) is 31.1. The predicted molar refractivity (Wildman–Crippen MR) is 306 cm³/mol. The second-order valence-electron chi connectivity index (χ2n) is 21.4. The number of hydrogen-bond acceptors (Lipinski definition) is 19. The minimum Gasteiger partial charge on any atom is -0.481 e. The molecule has 4 rings (SSSR count). The van der Waals surface area contributed by atoms with Gasteiger partial charge in [-0.3, -0.25) is 53.3 Å². The van der Waals surface area contributed by atoms with Gasteiger partial charge in [-0.2, -0.15) is 15.0 Å². The number of urea groups is 1. The summed E-state index contributed by atoms with van der Waals surface area (Å²) in [5.41, 5.74) is 1.80.